The highest BCUT2D eigenvalue weighted by Crippen LogP contribution is 2.25. The number of hydrogen-bond acceptors (Lipinski definition) is 3. The van der Waals surface area contributed by atoms with E-state index in [9.17, 15) is 14.7 Å². The van der Waals surface area contributed by atoms with Crippen molar-refractivity contribution in [1.82, 2.24) is 14.5 Å². The van der Waals surface area contributed by atoms with E-state index in [2.05, 4.69) is 4.98 Å². The molecular formula is C16H17N3O3. The third-order valence-electron chi connectivity index (χ3n) is 4.12. The fourth-order valence-corrected chi connectivity index (χ4v) is 2.95. The maximum atomic E-state index is 12.8. The minimum Gasteiger partial charge on any atom is -0.480 e. The average Bonchev–Trinajstić information content (AvgIpc) is 2.84. The van der Waals surface area contributed by atoms with Gasteiger partial charge in [0.15, 0.2) is 0 Å². The first kappa shape index (κ1) is 14.3. The highest BCUT2D eigenvalue weighted by molar-refractivity contribution is 5.96. The van der Waals surface area contributed by atoms with Gasteiger partial charge >= 0.3 is 5.97 Å². The molecule has 114 valence electrons. The van der Waals surface area contributed by atoms with Gasteiger partial charge in [-0.2, -0.15) is 0 Å². The van der Waals surface area contributed by atoms with Crippen LogP contribution in [0.15, 0.2) is 30.6 Å². The number of carbonyl (C=O) groups excluding carboxylic acids is 1. The van der Waals surface area contributed by atoms with Crippen LogP contribution in [-0.2, 0) is 24.8 Å². The van der Waals surface area contributed by atoms with Gasteiger partial charge < -0.3 is 14.6 Å². The lowest BCUT2D eigenvalue weighted by Gasteiger charge is -2.34. The van der Waals surface area contributed by atoms with Crippen molar-refractivity contribution in [3.05, 3.63) is 53.1 Å². The Morgan fingerprint density at radius 3 is 2.55 bits per heavy atom. The molecule has 1 atom stereocenters. The van der Waals surface area contributed by atoms with E-state index in [0.717, 1.165) is 11.1 Å². The molecule has 2 heterocycles. The summed E-state index contributed by atoms with van der Waals surface area (Å²) in [5.41, 5.74) is 3.02. The summed E-state index contributed by atoms with van der Waals surface area (Å²) >= 11 is 0. The lowest BCUT2D eigenvalue weighted by Crippen LogP contribution is -2.49. The van der Waals surface area contributed by atoms with Crippen LogP contribution in [0.25, 0.3) is 0 Å². The molecule has 0 radical (unpaired) electrons. The van der Waals surface area contributed by atoms with Gasteiger partial charge in [0.1, 0.15) is 11.7 Å². The van der Waals surface area contributed by atoms with Gasteiger partial charge in [-0.1, -0.05) is 24.3 Å². The van der Waals surface area contributed by atoms with E-state index in [-0.39, 0.29) is 5.91 Å². The highest BCUT2D eigenvalue weighted by Gasteiger charge is 2.36. The van der Waals surface area contributed by atoms with Crippen molar-refractivity contribution in [3.8, 4) is 0 Å². The predicted octanol–water partition coefficient (Wildman–Crippen LogP) is 1.38. The van der Waals surface area contributed by atoms with Crippen molar-refractivity contribution < 1.29 is 14.7 Å². The van der Waals surface area contributed by atoms with E-state index < -0.39 is 12.0 Å². The molecule has 22 heavy (non-hydrogen) atoms. The van der Waals surface area contributed by atoms with Gasteiger partial charge in [-0.15, -0.1) is 0 Å². The van der Waals surface area contributed by atoms with Gasteiger partial charge in [0, 0.05) is 20.0 Å². The summed E-state index contributed by atoms with van der Waals surface area (Å²) in [6.07, 6.45) is 1.89. The van der Waals surface area contributed by atoms with Gasteiger partial charge in [0.2, 0.25) is 0 Å². The van der Waals surface area contributed by atoms with Gasteiger partial charge in [-0.05, 0) is 18.1 Å². The van der Waals surface area contributed by atoms with E-state index in [1.807, 2.05) is 24.3 Å². The van der Waals surface area contributed by atoms with Crippen molar-refractivity contribution in [1.29, 1.82) is 0 Å². The van der Waals surface area contributed by atoms with Crippen molar-refractivity contribution in [2.45, 2.75) is 25.9 Å². The summed E-state index contributed by atoms with van der Waals surface area (Å²) in [5, 5.41) is 9.50. The average molecular weight is 299 g/mol. The molecule has 0 spiro atoms. The number of aliphatic carboxylic acids is 1. The third-order valence-corrected chi connectivity index (χ3v) is 4.12. The SMILES string of the molecule is Cc1ncn(C)c1C(=O)N1Cc2ccccc2C[C@@H]1C(=O)O. The molecule has 0 saturated heterocycles. The van der Waals surface area contributed by atoms with E-state index in [4.69, 9.17) is 0 Å². The van der Waals surface area contributed by atoms with Gasteiger partial charge in [-0.25, -0.2) is 9.78 Å². The second kappa shape index (κ2) is 5.29. The topological polar surface area (TPSA) is 75.4 Å². The number of rotatable bonds is 2. The number of aromatic nitrogens is 2. The van der Waals surface area contributed by atoms with E-state index in [0.29, 0.717) is 24.4 Å². The number of imidazole rings is 1. The molecule has 1 aliphatic rings. The first-order valence-electron chi connectivity index (χ1n) is 7.07. The number of amides is 1. The Morgan fingerprint density at radius 1 is 1.27 bits per heavy atom. The molecule has 2 aromatic rings. The number of carbonyl (C=O) groups is 2. The fourth-order valence-electron chi connectivity index (χ4n) is 2.95. The first-order chi connectivity index (χ1) is 10.5. The summed E-state index contributed by atoms with van der Waals surface area (Å²) in [4.78, 5) is 30.0. The zero-order chi connectivity index (χ0) is 15.9. The van der Waals surface area contributed by atoms with Crippen LogP contribution in [-0.4, -0.2) is 37.5 Å². The van der Waals surface area contributed by atoms with Crippen LogP contribution in [0.2, 0.25) is 0 Å². The molecule has 0 saturated carbocycles. The Kier molecular flexibility index (Phi) is 3.44. The second-order valence-corrected chi connectivity index (χ2v) is 5.55. The van der Waals surface area contributed by atoms with Crippen LogP contribution < -0.4 is 0 Å². The summed E-state index contributed by atoms with van der Waals surface area (Å²) in [6, 6.07) is 6.79. The molecule has 0 aliphatic carbocycles. The van der Waals surface area contributed by atoms with Crippen LogP contribution in [0.3, 0.4) is 0 Å². The minimum absolute atomic E-state index is 0.292. The smallest absolute Gasteiger partial charge is 0.326 e. The summed E-state index contributed by atoms with van der Waals surface area (Å²) in [5.74, 6) is -1.28. The molecule has 1 aromatic carbocycles. The van der Waals surface area contributed by atoms with Crippen LogP contribution in [0.4, 0.5) is 0 Å². The van der Waals surface area contributed by atoms with Gasteiger partial charge in [0.25, 0.3) is 5.91 Å². The lowest BCUT2D eigenvalue weighted by molar-refractivity contribution is -0.142. The molecule has 6 heteroatoms. The first-order valence-corrected chi connectivity index (χ1v) is 7.07. The number of nitrogens with zero attached hydrogens (tertiary/aromatic N) is 3. The maximum absolute atomic E-state index is 12.8. The van der Waals surface area contributed by atoms with Crippen molar-refractivity contribution in [3.63, 3.8) is 0 Å². The number of benzene rings is 1. The summed E-state index contributed by atoms with van der Waals surface area (Å²) in [6.45, 7) is 2.05. The molecule has 1 aliphatic heterocycles. The fraction of sp³-hybridized carbons (Fsp3) is 0.312. The molecule has 3 rings (SSSR count). The maximum Gasteiger partial charge on any atom is 0.326 e. The molecule has 0 unspecified atom stereocenters. The Morgan fingerprint density at radius 2 is 1.95 bits per heavy atom. The Labute approximate surface area is 128 Å². The Bertz CT molecular complexity index is 731. The van der Waals surface area contributed by atoms with Gasteiger partial charge in [0.05, 0.1) is 12.0 Å². The Balaban J connectivity index is 2.01. The Hall–Kier alpha value is -2.63. The monoisotopic (exact) mass is 299 g/mol. The van der Waals surface area contributed by atoms with Crippen LogP contribution in [0.1, 0.15) is 27.3 Å². The van der Waals surface area contributed by atoms with Crippen molar-refractivity contribution in [2.24, 2.45) is 7.05 Å². The third kappa shape index (κ3) is 2.26. The number of fused-ring (bicyclic) bond motifs is 1. The largest absolute Gasteiger partial charge is 0.480 e. The number of carboxylic acid groups (broad SMARTS) is 1. The quantitative estimate of drug-likeness (QED) is 0.909. The molecule has 0 bridgehead atoms. The highest BCUT2D eigenvalue weighted by atomic mass is 16.4. The standard InChI is InChI=1S/C16H17N3O3/c1-10-14(18(2)9-17-10)15(20)19-8-12-6-4-3-5-11(12)7-13(19)16(21)22/h3-6,9,13H,7-8H2,1-2H3,(H,21,22)/t13-/m1/s1. The summed E-state index contributed by atoms with van der Waals surface area (Å²) in [7, 11) is 1.74. The number of aryl methyl sites for hydroxylation is 2. The number of hydrogen-bond donors (Lipinski definition) is 1. The minimum atomic E-state index is -0.984. The zero-order valence-electron chi connectivity index (χ0n) is 12.5. The van der Waals surface area contributed by atoms with Crippen LogP contribution in [0.5, 0.6) is 0 Å². The molecule has 1 amide bonds. The van der Waals surface area contributed by atoms with E-state index >= 15 is 0 Å². The van der Waals surface area contributed by atoms with Crippen LogP contribution in [0, 0.1) is 6.92 Å². The van der Waals surface area contributed by atoms with Crippen LogP contribution >= 0.6 is 0 Å². The predicted molar refractivity (Wildman–Crippen MR) is 79.4 cm³/mol. The summed E-state index contributed by atoms with van der Waals surface area (Å²) < 4.78 is 1.64. The zero-order valence-corrected chi connectivity index (χ0v) is 12.5. The molecule has 6 nitrogen and oxygen atoms in total. The van der Waals surface area contributed by atoms with Crippen molar-refractivity contribution in [2.75, 3.05) is 0 Å². The molecule has 0 fully saturated rings. The molecule has 1 N–H and O–H groups in total. The van der Waals surface area contributed by atoms with E-state index in [1.165, 1.54) is 4.90 Å². The number of carboxylic acids is 1. The van der Waals surface area contributed by atoms with E-state index in [1.54, 1.807) is 24.9 Å². The normalized spacial score (nSPS) is 17.2. The second-order valence-electron chi connectivity index (χ2n) is 5.55. The lowest BCUT2D eigenvalue weighted by atomic mass is 9.93. The molecular weight excluding hydrogens is 282 g/mol. The molecule has 1 aromatic heterocycles. The van der Waals surface area contributed by atoms with Crippen molar-refractivity contribution >= 4 is 11.9 Å². The van der Waals surface area contributed by atoms with Gasteiger partial charge in [-0.3, -0.25) is 4.79 Å².